The second kappa shape index (κ2) is 4.29. The molecule has 0 bridgehead atoms. The molecule has 0 saturated carbocycles. The van der Waals surface area contributed by atoms with Gasteiger partial charge in [0.05, 0.1) is 6.10 Å². The van der Waals surface area contributed by atoms with Crippen molar-refractivity contribution >= 4 is 5.57 Å². The lowest BCUT2D eigenvalue weighted by Gasteiger charge is -2.32. The predicted molar refractivity (Wildman–Crippen MR) is 74.4 cm³/mol. The van der Waals surface area contributed by atoms with Crippen LogP contribution in [0.5, 0.6) is 5.75 Å². The van der Waals surface area contributed by atoms with Gasteiger partial charge in [-0.3, -0.25) is 0 Å². The predicted octanol–water partition coefficient (Wildman–Crippen LogP) is 3.43. The number of phenolic OH excluding ortho intramolecular Hbond substituents is 1. The Morgan fingerprint density at radius 1 is 1.17 bits per heavy atom. The Kier molecular flexibility index (Phi) is 3.07. The van der Waals surface area contributed by atoms with Crippen LogP contribution in [0.3, 0.4) is 0 Å². The summed E-state index contributed by atoms with van der Waals surface area (Å²) in [7, 11) is 0. The average molecular weight is 244 g/mol. The fraction of sp³-hybridized carbons (Fsp3) is 0.375. The third kappa shape index (κ3) is 2.21. The van der Waals surface area contributed by atoms with E-state index in [1.54, 1.807) is 6.07 Å². The Hall–Kier alpha value is -1.54. The van der Waals surface area contributed by atoms with Crippen molar-refractivity contribution in [1.82, 2.24) is 0 Å². The molecular formula is C16H20O2. The highest BCUT2D eigenvalue weighted by Gasteiger charge is 2.30. The normalized spacial score (nSPS) is 22.4. The van der Waals surface area contributed by atoms with E-state index >= 15 is 0 Å². The standard InChI is InChI=1S/C16H20O2/c1-10-7-12(5-6-14(10)17)13-8-11(2)15(18)16(3,4)9-13/h5-9,15,17-18H,1-4H3. The quantitative estimate of drug-likeness (QED) is 0.794. The van der Waals surface area contributed by atoms with Crippen molar-refractivity contribution in [2.45, 2.75) is 33.8 Å². The van der Waals surface area contributed by atoms with Crippen molar-refractivity contribution in [1.29, 1.82) is 0 Å². The second-order valence-corrected chi connectivity index (χ2v) is 5.71. The molecule has 1 unspecified atom stereocenters. The molecule has 1 aromatic carbocycles. The van der Waals surface area contributed by atoms with E-state index in [1.807, 2.05) is 45.9 Å². The van der Waals surface area contributed by atoms with E-state index in [0.717, 1.165) is 22.3 Å². The monoisotopic (exact) mass is 244 g/mol. The summed E-state index contributed by atoms with van der Waals surface area (Å²) in [5, 5.41) is 19.7. The third-order valence-corrected chi connectivity index (χ3v) is 3.58. The third-order valence-electron chi connectivity index (χ3n) is 3.58. The number of allylic oxidation sites excluding steroid dienone is 2. The Bertz CT molecular complexity index is 536. The molecule has 0 spiro atoms. The van der Waals surface area contributed by atoms with Gasteiger partial charge in [-0.05, 0) is 48.3 Å². The van der Waals surface area contributed by atoms with Gasteiger partial charge in [0.15, 0.2) is 0 Å². The highest BCUT2D eigenvalue weighted by molar-refractivity contribution is 5.77. The van der Waals surface area contributed by atoms with Crippen LogP contribution in [0.4, 0.5) is 0 Å². The summed E-state index contributed by atoms with van der Waals surface area (Å²) in [6.07, 6.45) is 3.68. The van der Waals surface area contributed by atoms with Crippen LogP contribution in [0.1, 0.15) is 31.9 Å². The van der Waals surface area contributed by atoms with E-state index in [4.69, 9.17) is 0 Å². The van der Waals surface area contributed by atoms with Crippen LogP contribution in [-0.2, 0) is 0 Å². The summed E-state index contributed by atoms with van der Waals surface area (Å²) in [5.41, 5.74) is 3.75. The van der Waals surface area contributed by atoms with Gasteiger partial charge >= 0.3 is 0 Å². The number of aromatic hydroxyl groups is 1. The summed E-state index contributed by atoms with van der Waals surface area (Å²) >= 11 is 0. The van der Waals surface area contributed by atoms with Crippen molar-refractivity contribution in [3.05, 3.63) is 47.1 Å². The number of benzene rings is 1. The first kappa shape index (κ1) is 12.9. The Balaban J connectivity index is 2.48. The minimum absolute atomic E-state index is 0.264. The zero-order valence-corrected chi connectivity index (χ0v) is 11.4. The summed E-state index contributed by atoms with van der Waals surface area (Å²) in [6.45, 7) is 7.90. The summed E-state index contributed by atoms with van der Waals surface area (Å²) in [4.78, 5) is 0. The molecule has 2 rings (SSSR count). The number of aliphatic hydroxyl groups is 1. The maximum absolute atomic E-state index is 10.1. The minimum atomic E-state index is -0.431. The smallest absolute Gasteiger partial charge is 0.118 e. The summed E-state index contributed by atoms with van der Waals surface area (Å²) in [6, 6.07) is 5.59. The number of hydrogen-bond donors (Lipinski definition) is 2. The average Bonchev–Trinajstić information content (AvgIpc) is 2.29. The molecular weight excluding hydrogens is 224 g/mol. The highest BCUT2D eigenvalue weighted by atomic mass is 16.3. The molecule has 18 heavy (non-hydrogen) atoms. The Morgan fingerprint density at radius 3 is 2.39 bits per heavy atom. The lowest BCUT2D eigenvalue weighted by molar-refractivity contribution is 0.114. The number of rotatable bonds is 1. The first-order valence-corrected chi connectivity index (χ1v) is 6.20. The molecule has 1 atom stereocenters. The molecule has 2 N–H and O–H groups in total. The lowest BCUT2D eigenvalue weighted by Crippen LogP contribution is -2.30. The van der Waals surface area contributed by atoms with Crippen LogP contribution >= 0.6 is 0 Å². The molecule has 0 heterocycles. The number of aliphatic hydroxyl groups excluding tert-OH is 1. The SMILES string of the molecule is CC1=CC(c2ccc(O)c(C)c2)=CC(C)(C)C1O. The van der Waals surface area contributed by atoms with Crippen molar-refractivity contribution in [2.75, 3.05) is 0 Å². The van der Waals surface area contributed by atoms with Gasteiger partial charge in [0.2, 0.25) is 0 Å². The van der Waals surface area contributed by atoms with E-state index in [1.165, 1.54) is 0 Å². The van der Waals surface area contributed by atoms with E-state index < -0.39 is 6.10 Å². The zero-order chi connectivity index (χ0) is 13.5. The maximum Gasteiger partial charge on any atom is 0.118 e. The van der Waals surface area contributed by atoms with Crippen LogP contribution in [0, 0.1) is 12.3 Å². The molecule has 2 nitrogen and oxygen atoms in total. The highest BCUT2D eigenvalue weighted by Crippen LogP contribution is 2.37. The molecule has 1 aliphatic carbocycles. The molecule has 0 aliphatic heterocycles. The topological polar surface area (TPSA) is 40.5 Å². The van der Waals surface area contributed by atoms with Crippen LogP contribution in [0.25, 0.3) is 5.57 Å². The summed E-state index contributed by atoms with van der Waals surface area (Å²) in [5.74, 6) is 0.315. The fourth-order valence-corrected chi connectivity index (χ4v) is 2.43. The van der Waals surface area contributed by atoms with Gasteiger partial charge in [0, 0.05) is 5.41 Å². The van der Waals surface area contributed by atoms with Crippen molar-refractivity contribution in [3.63, 3.8) is 0 Å². The number of aryl methyl sites for hydroxylation is 1. The maximum atomic E-state index is 10.1. The van der Waals surface area contributed by atoms with Gasteiger partial charge in [-0.15, -0.1) is 0 Å². The van der Waals surface area contributed by atoms with Crippen LogP contribution < -0.4 is 0 Å². The van der Waals surface area contributed by atoms with Crippen LogP contribution in [0.2, 0.25) is 0 Å². The molecule has 0 radical (unpaired) electrons. The lowest BCUT2D eigenvalue weighted by atomic mass is 9.76. The molecule has 0 aromatic heterocycles. The zero-order valence-electron chi connectivity index (χ0n) is 11.4. The molecule has 0 fully saturated rings. The van der Waals surface area contributed by atoms with Gasteiger partial charge in [-0.1, -0.05) is 32.1 Å². The van der Waals surface area contributed by atoms with Crippen molar-refractivity contribution in [3.8, 4) is 5.75 Å². The van der Waals surface area contributed by atoms with Crippen LogP contribution in [0.15, 0.2) is 35.9 Å². The van der Waals surface area contributed by atoms with Crippen molar-refractivity contribution in [2.24, 2.45) is 5.41 Å². The van der Waals surface area contributed by atoms with Gasteiger partial charge in [0.25, 0.3) is 0 Å². The van der Waals surface area contributed by atoms with Gasteiger partial charge in [-0.25, -0.2) is 0 Å². The molecule has 1 aromatic rings. The van der Waals surface area contributed by atoms with E-state index in [9.17, 15) is 10.2 Å². The molecule has 0 amide bonds. The first-order valence-electron chi connectivity index (χ1n) is 6.20. The fourth-order valence-electron chi connectivity index (χ4n) is 2.43. The second-order valence-electron chi connectivity index (χ2n) is 5.71. The Labute approximate surface area is 108 Å². The first-order chi connectivity index (χ1) is 8.31. The molecule has 0 saturated heterocycles. The summed E-state index contributed by atoms with van der Waals surface area (Å²) < 4.78 is 0. The minimum Gasteiger partial charge on any atom is -0.508 e. The van der Waals surface area contributed by atoms with E-state index in [2.05, 4.69) is 6.08 Å². The van der Waals surface area contributed by atoms with E-state index in [-0.39, 0.29) is 5.41 Å². The molecule has 96 valence electrons. The number of hydrogen-bond acceptors (Lipinski definition) is 2. The van der Waals surface area contributed by atoms with Crippen LogP contribution in [-0.4, -0.2) is 16.3 Å². The number of phenols is 1. The Morgan fingerprint density at radius 2 is 1.83 bits per heavy atom. The molecule has 2 heteroatoms. The van der Waals surface area contributed by atoms with Gasteiger partial charge in [0.1, 0.15) is 5.75 Å². The largest absolute Gasteiger partial charge is 0.508 e. The van der Waals surface area contributed by atoms with E-state index in [0.29, 0.717) is 5.75 Å². The van der Waals surface area contributed by atoms with Crippen molar-refractivity contribution < 1.29 is 10.2 Å². The van der Waals surface area contributed by atoms with Gasteiger partial charge < -0.3 is 10.2 Å². The van der Waals surface area contributed by atoms with Gasteiger partial charge in [-0.2, -0.15) is 0 Å². The molecule has 1 aliphatic rings.